The van der Waals surface area contributed by atoms with E-state index in [1.54, 1.807) is 7.11 Å². The van der Waals surface area contributed by atoms with Crippen LogP contribution in [0.3, 0.4) is 0 Å². The molecule has 2 aliphatic carbocycles. The molecular formula is C22H28N4O3. The maximum atomic E-state index is 11.1. The second kappa shape index (κ2) is 8.88. The Kier molecular flexibility index (Phi) is 6.06. The highest BCUT2D eigenvalue weighted by Crippen LogP contribution is 2.34. The zero-order valence-corrected chi connectivity index (χ0v) is 16.8. The minimum absolute atomic E-state index is 0.159. The van der Waals surface area contributed by atoms with Crippen molar-refractivity contribution in [1.29, 1.82) is 0 Å². The number of para-hydroxylation sites is 1. The molecule has 2 N–H and O–H groups in total. The molecule has 154 valence electrons. The van der Waals surface area contributed by atoms with E-state index in [4.69, 9.17) is 9.84 Å². The van der Waals surface area contributed by atoms with Gasteiger partial charge in [-0.05, 0) is 43.7 Å². The Labute approximate surface area is 171 Å². The van der Waals surface area contributed by atoms with E-state index in [0.29, 0.717) is 30.4 Å². The van der Waals surface area contributed by atoms with E-state index in [9.17, 15) is 4.79 Å². The van der Waals surface area contributed by atoms with Gasteiger partial charge in [0.05, 0.1) is 19.2 Å². The second-order valence-electron chi connectivity index (χ2n) is 8.08. The number of rotatable bonds is 10. The standard InChI is InChI=1S/C22H28N4O3/c1-29-20-5-3-2-4-19(20)22-24-11-16(12-25-22)10-23-17-8-18(9-17)26(14-21(27)28)13-15-6-7-15/h2-5,11-12,15,17-18,23H,6-10,13-14H2,1H3,(H,27,28). The van der Waals surface area contributed by atoms with Gasteiger partial charge in [-0.3, -0.25) is 9.69 Å². The van der Waals surface area contributed by atoms with Crippen molar-refractivity contribution in [2.75, 3.05) is 20.2 Å². The maximum Gasteiger partial charge on any atom is 0.317 e. The van der Waals surface area contributed by atoms with Crippen molar-refractivity contribution in [3.8, 4) is 17.1 Å². The van der Waals surface area contributed by atoms with Crippen LogP contribution >= 0.6 is 0 Å². The molecule has 4 rings (SSSR count). The van der Waals surface area contributed by atoms with E-state index in [1.807, 2.05) is 36.7 Å². The predicted octanol–water partition coefficient (Wildman–Crippen LogP) is 2.57. The Balaban J connectivity index is 1.26. The third-order valence-electron chi connectivity index (χ3n) is 5.81. The lowest BCUT2D eigenvalue weighted by molar-refractivity contribution is -0.139. The summed E-state index contributed by atoms with van der Waals surface area (Å²) in [5, 5.41) is 12.7. The molecule has 0 radical (unpaired) electrons. The molecule has 2 aliphatic rings. The number of methoxy groups -OCH3 is 1. The summed E-state index contributed by atoms with van der Waals surface area (Å²) in [6, 6.07) is 8.52. The van der Waals surface area contributed by atoms with Gasteiger partial charge in [0.1, 0.15) is 5.75 Å². The molecule has 0 saturated heterocycles. The monoisotopic (exact) mass is 396 g/mol. The number of benzene rings is 1. The molecule has 29 heavy (non-hydrogen) atoms. The molecule has 2 aromatic rings. The van der Waals surface area contributed by atoms with E-state index in [2.05, 4.69) is 20.2 Å². The van der Waals surface area contributed by atoms with Gasteiger partial charge in [0.2, 0.25) is 0 Å². The number of hydrogen-bond acceptors (Lipinski definition) is 6. The van der Waals surface area contributed by atoms with Crippen LogP contribution in [0.15, 0.2) is 36.7 Å². The molecule has 1 aromatic carbocycles. The van der Waals surface area contributed by atoms with Gasteiger partial charge in [0.15, 0.2) is 5.82 Å². The summed E-state index contributed by atoms with van der Waals surface area (Å²) in [5.41, 5.74) is 1.91. The molecular weight excluding hydrogens is 368 g/mol. The van der Waals surface area contributed by atoms with Crippen molar-refractivity contribution < 1.29 is 14.6 Å². The molecule has 0 aliphatic heterocycles. The fourth-order valence-corrected chi connectivity index (χ4v) is 3.88. The van der Waals surface area contributed by atoms with Gasteiger partial charge in [-0.1, -0.05) is 12.1 Å². The first kappa shape index (κ1) is 19.8. The number of nitrogens with one attached hydrogen (secondary N) is 1. The number of carbonyl (C=O) groups is 1. The minimum Gasteiger partial charge on any atom is -0.496 e. The van der Waals surface area contributed by atoms with Gasteiger partial charge < -0.3 is 15.2 Å². The third kappa shape index (κ3) is 5.10. The van der Waals surface area contributed by atoms with Crippen molar-refractivity contribution in [2.45, 2.75) is 44.3 Å². The highest BCUT2D eigenvalue weighted by molar-refractivity contribution is 5.69. The largest absolute Gasteiger partial charge is 0.496 e. The topological polar surface area (TPSA) is 87.6 Å². The Hall–Kier alpha value is -2.51. The maximum absolute atomic E-state index is 11.1. The van der Waals surface area contributed by atoms with Crippen LogP contribution in [0.5, 0.6) is 5.75 Å². The lowest BCUT2D eigenvalue weighted by Gasteiger charge is -2.43. The highest BCUT2D eigenvalue weighted by Gasteiger charge is 2.36. The van der Waals surface area contributed by atoms with Gasteiger partial charge in [0.25, 0.3) is 0 Å². The second-order valence-corrected chi connectivity index (χ2v) is 8.08. The van der Waals surface area contributed by atoms with E-state index in [-0.39, 0.29) is 6.54 Å². The van der Waals surface area contributed by atoms with Crippen LogP contribution < -0.4 is 10.1 Å². The summed E-state index contributed by atoms with van der Waals surface area (Å²) in [7, 11) is 1.64. The molecule has 2 fully saturated rings. The number of carboxylic acid groups (broad SMARTS) is 1. The summed E-state index contributed by atoms with van der Waals surface area (Å²) in [6.45, 7) is 1.80. The predicted molar refractivity (Wildman–Crippen MR) is 110 cm³/mol. The molecule has 7 heteroatoms. The van der Waals surface area contributed by atoms with Crippen LogP contribution in [-0.4, -0.2) is 58.2 Å². The first-order valence-electron chi connectivity index (χ1n) is 10.3. The van der Waals surface area contributed by atoms with Crippen LogP contribution in [0.25, 0.3) is 11.4 Å². The zero-order chi connectivity index (χ0) is 20.2. The number of aliphatic carboxylic acids is 1. The van der Waals surface area contributed by atoms with Crippen LogP contribution in [0.4, 0.5) is 0 Å². The van der Waals surface area contributed by atoms with Crippen LogP contribution in [0, 0.1) is 5.92 Å². The molecule has 2 saturated carbocycles. The Morgan fingerprint density at radius 1 is 1.24 bits per heavy atom. The quantitative estimate of drug-likeness (QED) is 0.638. The smallest absolute Gasteiger partial charge is 0.317 e. The molecule has 0 bridgehead atoms. The van der Waals surface area contributed by atoms with Crippen molar-refractivity contribution in [2.24, 2.45) is 5.92 Å². The summed E-state index contributed by atoms with van der Waals surface area (Å²) in [6.07, 6.45) is 8.19. The van der Waals surface area contributed by atoms with Crippen molar-refractivity contribution in [1.82, 2.24) is 20.2 Å². The van der Waals surface area contributed by atoms with E-state index in [0.717, 1.165) is 36.3 Å². The normalized spacial score (nSPS) is 21.0. The summed E-state index contributed by atoms with van der Waals surface area (Å²) in [4.78, 5) is 22.3. The molecule has 0 unspecified atom stereocenters. The number of hydrogen-bond donors (Lipinski definition) is 2. The number of nitrogens with zero attached hydrogens (tertiary/aromatic N) is 3. The van der Waals surface area contributed by atoms with Gasteiger partial charge in [0, 0.05) is 43.1 Å². The average Bonchev–Trinajstić information content (AvgIpc) is 3.50. The summed E-state index contributed by atoms with van der Waals surface area (Å²) >= 11 is 0. The molecule has 0 amide bonds. The lowest BCUT2D eigenvalue weighted by atomic mass is 9.85. The Morgan fingerprint density at radius 3 is 2.62 bits per heavy atom. The fraction of sp³-hybridized carbons (Fsp3) is 0.500. The summed E-state index contributed by atoms with van der Waals surface area (Å²) in [5.74, 6) is 1.39. The van der Waals surface area contributed by atoms with Gasteiger partial charge in [-0.2, -0.15) is 0 Å². The third-order valence-corrected chi connectivity index (χ3v) is 5.81. The van der Waals surface area contributed by atoms with Crippen molar-refractivity contribution in [3.05, 3.63) is 42.2 Å². The molecule has 1 aromatic heterocycles. The molecule has 0 spiro atoms. The SMILES string of the molecule is COc1ccccc1-c1ncc(CNC2CC(N(CC(=O)O)CC3CC3)C2)cn1. The van der Waals surface area contributed by atoms with E-state index in [1.165, 1.54) is 12.8 Å². The molecule has 0 atom stereocenters. The molecule has 1 heterocycles. The first-order valence-corrected chi connectivity index (χ1v) is 10.3. The zero-order valence-electron chi connectivity index (χ0n) is 16.8. The minimum atomic E-state index is -0.727. The number of aromatic nitrogens is 2. The summed E-state index contributed by atoms with van der Waals surface area (Å²) < 4.78 is 5.38. The Morgan fingerprint density at radius 2 is 1.97 bits per heavy atom. The van der Waals surface area contributed by atoms with Crippen molar-refractivity contribution >= 4 is 5.97 Å². The average molecular weight is 396 g/mol. The van der Waals surface area contributed by atoms with Crippen LogP contribution in [0.2, 0.25) is 0 Å². The van der Waals surface area contributed by atoms with Crippen LogP contribution in [-0.2, 0) is 11.3 Å². The lowest BCUT2D eigenvalue weighted by Crippen LogP contribution is -2.54. The van der Waals surface area contributed by atoms with Crippen molar-refractivity contribution in [3.63, 3.8) is 0 Å². The van der Waals surface area contributed by atoms with E-state index >= 15 is 0 Å². The first-order chi connectivity index (χ1) is 14.1. The highest BCUT2D eigenvalue weighted by atomic mass is 16.5. The number of carboxylic acids is 1. The van der Waals surface area contributed by atoms with Gasteiger partial charge >= 0.3 is 5.97 Å². The van der Waals surface area contributed by atoms with Gasteiger partial charge in [-0.15, -0.1) is 0 Å². The van der Waals surface area contributed by atoms with Crippen LogP contribution in [0.1, 0.15) is 31.2 Å². The molecule has 7 nitrogen and oxygen atoms in total. The fourth-order valence-electron chi connectivity index (χ4n) is 3.88. The Bertz CT molecular complexity index is 832. The van der Waals surface area contributed by atoms with E-state index < -0.39 is 5.97 Å². The van der Waals surface area contributed by atoms with Gasteiger partial charge in [-0.25, -0.2) is 9.97 Å². The number of ether oxygens (including phenoxy) is 1.